The maximum atomic E-state index is 10.9. The van der Waals surface area contributed by atoms with Crippen LogP contribution in [0.1, 0.15) is 13.8 Å². The second kappa shape index (κ2) is 4.20. The Morgan fingerprint density at radius 2 is 2.33 bits per heavy atom. The van der Waals surface area contributed by atoms with E-state index in [0.29, 0.717) is 6.61 Å². The Balaban J connectivity index is 2.06. The van der Waals surface area contributed by atoms with Crippen LogP contribution >= 0.6 is 0 Å². The number of esters is 1. The third-order valence-electron chi connectivity index (χ3n) is 2.36. The highest BCUT2D eigenvalue weighted by molar-refractivity contribution is 5.66. The Morgan fingerprint density at radius 1 is 1.53 bits per heavy atom. The molecule has 0 bridgehead atoms. The maximum Gasteiger partial charge on any atom is 0.303 e. The first-order chi connectivity index (χ1) is 7.16. The van der Waals surface area contributed by atoms with E-state index in [1.807, 2.05) is 0 Å². The highest BCUT2D eigenvalue weighted by Crippen LogP contribution is 2.24. The number of carbonyl (C=O) groups excluding carboxylic acids is 1. The summed E-state index contributed by atoms with van der Waals surface area (Å²) in [6, 6.07) is 0. The minimum atomic E-state index is -0.382. The molecule has 0 aromatic rings. The van der Waals surface area contributed by atoms with Crippen molar-refractivity contribution in [3.05, 3.63) is 12.3 Å². The molecule has 0 aromatic carbocycles. The number of carbonyl (C=O) groups is 1. The van der Waals surface area contributed by atoms with Crippen LogP contribution in [-0.2, 0) is 23.7 Å². The van der Waals surface area contributed by atoms with Crippen molar-refractivity contribution < 1.29 is 23.7 Å². The predicted octanol–water partition coefficient (Wildman–Crippen LogP) is 0.592. The Kier molecular flexibility index (Phi) is 2.93. The minimum Gasteiger partial charge on any atom is -0.493 e. The number of hydrogen-bond donors (Lipinski definition) is 0. The van der Waals surface area contributed by atoms with E-state index in [9.17, 15) is 4.79 Å². The van der Waals surface area contributed by atoms with Gasteiger partial charge in [-0.3, -0.25) is 4.79 Å². The molecule has 1 saturated heterocycles. The fourth-order valence-electron chi connectivity index (χ4n) is 1.71. The van der Waals surface area contributed by atoms with E-state index < -0.39 is 0 Å². The zero-order chi connectivity index (χ0) is 10.8. The topological polar surface area (TPSA) is 54.0 Å². The van der Waals surface area contributed by atoms with Gasteiger partial charge in [0.25, 0.3) is 0 Å². The largest absolute Gasteiger partial charge is 0.493 e. The van der Waals surface area contributed by atoms with Crippen LogP contribution in [-0.4, -0.2) is 37.2 Å². The summed E-state index contributed by atoms with van der Waals surface area (Å²) in [5, 5.41) is 0. The van der Waals surface area contributed by atoms with Crippen molar-refractivity contribution >= 4 is 5.97 Å². The molecular formula is C10H14O5. The predicted molar refractivity (Wildman–Crippen MR) is 49.9 cm³/mol. The zero-order valence-corrected chi connectivity index (χ0v) is 8.71. The first-order valence-corrected chi connectivity index (χ1v) is 4.93. The zero-order valence-electron chi connectivity index (χ0n) is 8.71. The Hall–Kier alpha value is -1.07. The lowest BCUT2D eigenvalue weighted by Crippen LogP contribution is -2.52. The second-order valence-electron chi connectivity index (χ2n) is 3.58. The molecule has 0 saturated carbocycles. The normalized spacial score (nSPS) is 39.1. The van der Waals surface area contributed by atoms with Crippen LogP contribution in [0.25, 0.3) is 0 Å². The SMILES string of the molecule is CC(=O)O[C@@H]1C=CO[C@@H]2COC(C)O[C@@H]12. The Morgan fingerprint density at radius 3 is 3.07 bits per heavy atom. The number of hydrogen-bond acceptors (Lipinski definition) is 5. The van der Waals surface area contributed by atoms with Crippen LogP contribution < -0.4 is 0 Å². The summed E-state index contributed by atoms with van der Waals surface area (Å²) < 4.78 is 21.2. The third kappa shape index (κ3) is 2.30. The van der Waals surface area contributed by atoms with Crippen molar-refractivity contribution in [3.63, 3.8) is 0 Å². The highest BCUT2D eigenvalue weighted by Gasteiger charge is 2.40. The molecule has 0 amide bonds. The molecule has 2 rings (SSSR count). The van der Waals surface area contributed by atoms with Crippen LogP contribution in [0, 0.1) is 0 Å². The smallest absolute Gasteiger partial charge is 0.303 e. The van der Waals surface area contributed by atoms with Gasteiger partial charge in [-0.2, -0.15) is 0 Å². The molecule has 0 radical (unpaired) electrons. The fourth-order valence-corrected chi connectivity index (χ4v) is 1.71. The number of ether oxygens (including phenoxy) is 4. The quantitative estimate of drug-likeness (QED) is 0.598. The summed E-state index contributed by atoms with van der Waals surface area (Å²) in [4.78, 5) is 10.9. The molecule has 5 nitrogen and oxygen atoms in total. The van der Waals surface area contributed by atoms with Gasteiger partial charge in [0.1, 0.15) is 6.10 Å². The lowest BCUT2D eigenvalue weighted by molar-refractivity contribution is -0.267. The molecule has 2 heterocycles. The van der Waals surface area contributed by atoms with Gasteiger partial charge in [0, 0.05) is 6.92 Å². The van der Waals surface area contributed by atoms with Crippen molar-refractivity contribution in [2.75, 3.05) is 6.61 Å². The lowest BCUT2D eigenvalue weighted by atomic mass is 10.1. The van der Waals surface area contributed by atoms with Crippen molar-refractivity contribution in [2.45, 2.75) is 38.4 Å². The summed E-state index contributed by atoms with van der Waals surface area (Å²) in [6.07, 6.45) is 2.06. The highest BCUT2D eigenvalue weighted by atomic mass is 16.7. The van der Waals surface area contributed by atoms with Gasteiger partial charge >= 0.3 is 5.97 Å². The van der Waals surface area contributed by atoms with E-state index in [1.54, 1.807) is 13.0 Å². The molecular weight excluding hydrogens is 200 g/mol. The summed E-state index contributed by atoms with van der Waals surface area (Å²) in [5.74, 6) is -0.326. The first kappa shape index (κ1) is 10.4. The molecule has 0 aliphatic carbocycles. The lowest BCUT2D eigenvalue weighted by Gasteiger charge is -2.39. The van der Waals surface area contributed by atoms with Gasteiger partial charge in [-0.05, 0) is 13.0 Å². The van der Waals surface area contributed by atoms with Crippen molar-refractivity contribution in [3.8, 4) is 0 Å². The van der Waals surface area contributed by atoms with Crippen molar-refractivity contribution in [1.82, 2.24) is 0 Å². The van der Waals surface area contributed by atoms with Crippen molar-refractivity contribution in [1.29, 1.82) is 0 Å². The molecule has 1 unspecified atom stereocenters. The van der Waals surface area contributed by atoms with E-state index >= 15 is 0 Å². The van der Waals surface area contributed by atoms with E-state index in [0.717, 1.165) is 0 Å². The van der Waals surface area contributed by atoms with Gasteiger partial charge < -0.3 is 18.9 Å². The standard InChI is InChI=1S/C10H14O5/c1-6(11)14-8-3-4-12-9-5-13-7(2)15-10(8)9/h3-4,7-10H,5H2,1-2H3/t7?,8-,9-,10+/m1/s1. The molecule has 15 heavy (non-hydrogen) atoms. The van der Waals surface area contributed by atoms with E-state index in [1.165, 1.54) is 13.2 Å². The van der Waals surface area contributed by atoms with Crippen LogP contribution in [0.4, 0.5) is 0 Å². The van der Waals surface area contributed by atoms with E-state index in [-0.39, 0.29) is 30.6 Å². The minimum absolute atomic E-state index is 0.199. The van der Waals surface area contributed by atoms with Gasteiger partial charge in [0.2, 0.25) is 0 Å². The molecule has 1 fully saturated rings. The number of rotatable bonds is 1. The third-order valence-corrected chi connectivity index (χ3v) is 2.36. The molecule has 84 valence electrons. The summed E-state index contributed by atoms with van der Waals surface area (Å²) in [5.41, 5.74) is 0. The Labute approximate surface area is 87.9 Å². The summed E-state index contributed by atoms with van der Waals surface area (Å²) in [7, 11) is 0. The average molecular weight is 214 g/mol. The molecule has 2 aliphatic rings. The second-order valence-corrected chi connectivity index (χ2v) is 3.58. The van der Waals surface area contributed by atoms with Crippen molar-refractivity contribution in [2.24, 2.45) is 0 Å². The van der Waals surface area contributed by atoms with Crippen LogP contribution in [0.15, 0.2) is 12.3 Å². The molecule has 0 aromatic heterocycles. The number of fused-ring (bicyclic) bond motifs is 1. The van der Waals surface area contributed by atoms with Crippen LogP contribution in [0.5, 0.6) is 0 Å². The molecule has 2 aliphatic heterocycles. The molecule has 0 spiro atoms. The van der Waals surface area contributed by atoms with Gasteiger partial charge in [-0.1, -0.05) is 0 Å². The fraction of sp³-hybridized carbons (Fsp3) is 0.700. The first-order valence-electron chi connectivity index (χ1n) is 4.93. The summed E-state index contributed by atoms with van der Waals surface area (Å²) in [6.45, 7) is 3.63. The van der Waals surface area contributed by atoms with Crippen LogP contribution in [0.3, 0.4) is 0 Å². The molecule has 4 atom stereocenters. The molecule has 5 heteroatoms. The molecule has 0 N–H and O–H groups in total. The van der Waals surface area contributed by atoms with Gasteiger partial charge in [-0.15, -0.1) is 0 Å². The maximum absolute atomic E-state index is 10.9. The van der Waals surface area contributed by atoms with Gasteiger partial charge in [0.15, 0.2) is 18.5 Å². The van der Waals surface area contributed by atoms with Gasteiger partial charge in [0.05, 0.1) is 12.9 Å². The van der Waals surface area contributed by atoms with E-state index in [2.05, 4.69) is 0 Å². The Bertz CT molecular complexity index is 275. The average Bonchev–Trinajstić information content (AvgIpc) is 2.18. The van der Waals surface area contributed by atoms with Gasteiger partial charge in [-0.25, -0.2) is 0 Å². The monoisotopic (exact) mass is 214 g/mol. The summed E-state index contributed by atoms with van der Waals surface area (Å²) >= 11 is 0. The van der Waals surface area contributed by atoms with E-state index in [4.69, 9.17) is 18.9 Å². The van der Waals surface area contributed by atoms with Crippen LogP contribution in [0.2, 0.25) is 0 Å².